The Balaban J connectivity index is 2.42. The van der Waals surface area contributed by atoms with Crippen LogP contribution in [-0.2, 0) is 33.3 Å². The zero-order valence-electron chi connectivity index (χ0n) is 14.9. The number of carbonyl (C=O) groups is 3. The van der Waals surface area contributed by atoms with Crippen molar-refractivity contribution >= 4 is 29.7 Å². The fourth-order valence-electron chi connectivity index (χ4n) is 2.75. The molecule has 1 saturated heterocycles. The largest absolute Gasteiger partial charge is 0.463 e. The van der Waals surface area contributed by atoms with Gasteiger partial charge in [0, 0.05) is 27.0 Å². The summed E-state index contributed by atoms with van der Waals surface area (Å²) in [6.45, 7) is 3.68. The summed E-state index contributed by atoms with van der Waals surface area (Å²) in [5.41, 5.74) is -0.583. The van der Waals surface area contributed by atoms with Crippen LogP contribution in [0.3, 0.4) is 0 Å². The van der Waals surface area contributed by atoms with Gasteiger partial charge in [-0.15, -0.1) is 16.9 Å². The van der Waals surface area contributed by atoms with E-state index in [1.165, 1.54) is 43.4 Å². The summed E-state index contributed by atoms with van der Waals surface area (Å²) in [7, 11) is 0. The summed E-state index contributed by atoms with van der Waals surface area (Å²) >= 11 is 1.31. The maximum absolute atomic E-state index is 11.6. The van der Waals surface area contributed by atoms with Crippen molar-refractivity contribution in [3.05, 3.63) is 12.4 Å². The highest BCUT2D eigenvalue weighted by molar-refractivity contribution is 7.99. The van der Waals surface area contributed by atoms with Gasteiger partial charge in [0.15, 0.2) is 12.2 Å². The summed E-state index contributed by atoms with van der Waals surface area (Å²) in [5.74, 6) is -1.56. The van der Waals surface area contributed by atoms with Crippen LogP contribution >= 0.6 is 11.8 Å². The Kier molecular flexibility index (Phi) is 6.98. The molecule has 0 saturated carbocycles. The predicted octanol–water partition coefficient (Wildman–Crippen LogP) is 0.334. The molecule has 0 bridgehead atoms. The molecule has 10 nitrogen and oxygen atoms in total. The van der Waals surface area contributed by atoms with Crippen LogP contribution in [0.25, 0.3) is 0 Å². The lowest BCUT2D eigenvalue weighted by Gasteiger charge is -2.44. The number of esters is 3. The Labute approximate surface area is 154 Å². The SMILES string of the molecule is CS[C@@H]1O[C@H](COC(C)=O)[C@H](OC(C)=O)[C@H](n2ccnn2)[C@H]1OC(C)=O. The van der Waals surface area contributed by atoms with Crippen molar-refractivity contribution in [2.24, 2.45) is 0 Å². The minimum atomic E-state index is -0.902. The first kappa shape index (κ1) is 20.2. The number of thioether (sulfide) groups is 1. The number of hydrogen-bond donors (Lipinski definition) is 0. The molecular formula is C15H21N3O7S. The molecule has 2 heterocycles. The van der Waals surface area contributed by atoms with Crippen LogP contribution in [0.1, 0.15) is 26.8 Å². The third-order valence-electron chi connectivity index (χ3n) is 3.65. The quantitative estimate of drug-likeness (QED) is 0.499. The maximum Gasteiger partial charge on any atom is 0.303 e. The molecule has 0 spiro atoms. The standard InChI is InChI=1S/C15H21N3O7S/c1-8(19)22-7-11-13(23-9(2)20)12(18-6-5-16-17-18)14(24-10(3)21)15(25-11)26-4/h5-6,11-15H,7H2,1-4H3/t11-,12+,13+,14-,15+/m1/s1. The van der Waals surface area contributed by atoms with E-state index in [0.29, 0.717) is 0 Å². The first-order valence-corrected chi connectivity index (χ1v) is 9.14. The Morgan fingerprint density at radius 1 is 1.12 bits per heavy atom. The topological polar surface area (TPSA) is 119 Å². The van der Waals surface area contributed by atoms with E-state index in [1.807, 2.05) is 0 Å². The predicted molar refractivity (Wildman–Crippen MR) is 89.0 cm³/mol. The van der Waals surface area contributed by atoms with Crippen molar-refractivity contribution in [3.63, 3.8) is 0 Å². The van der Waals surface area contributed by atoms with Gasteiger partial charge in [-0.05, 0) is 6.26 Å². The van der Waals surface area contributed by atoms with Gasteiger partial charge in [0.05, 0.1) is 6.20 Å². The fourth-order valence-corrected chi connectivity index (χ4v) is 3.49. The lowest BCUT2D eigenvalue weighted by molar-refractivity contribution is -0.212. The molecule has 0 N–H and O–H groups in total. The molecule has 11 heteroatoms. The van der Waals surface area contributed by atoms with Crippen LogP contribution in [-0.4, -0.2) is 69.5 Å². The van der Waals surface area contributed by atoms with Gasteiger partial charge in [-0.2, -0.15) is 0 Å². The minimum Gasteiger partial charge on any atom is -0.463 e. The average molecular weight is 387 g/mol. The first-order chi connectivity index (χ1) is 12.3. The number of carbonyl (C=O) groups excluding carboxylic acids is 3. The van der Waals surface area contributed by atoms with E-state index in [-0.39, 0.29) is 6.61 Å². The molecule has 1 fully saturated rings. The number of nitrogens with zero attached hydrogens (tertiary/aromatic N) is 3. The van der Waals surface area contributed by atoms with Gasteiger partial charge in [0.1, 0.15) is 24.2 Å². The summed E-state index contributed by atoms with van der Waals surface area (Å²) in [4.78, 5) is 34.5. The minimum absolute atomic E-state index is 0.123. The van der Waals surface area contributed by atoms with Crippen molar-refractivity contribution in [3.8, 4) is 0 Å². The van der Waals surface area contributed by atoms with E-state index in [4.69, 9.17) is 18.9 Å². The van der Waals surface area contributed by atoms with Gasteiger partial charge in [-0.25, -0.2) is 4.68 Å². The second-order valence-corrected chi connectivity index (χ2v) is 6.54. The zero-order chi connectivity index (χ0) is 19.3. The number of rotatable bonds is 6. The van der Waals surface area contributed by atoms with E-state index in [2.05, 4.69) is 10.3 Å². The van der Waals surface area contributed by atoms with Crippen LogP contribution < -0.4 is 0 Å². The van der Waals surface area contributed by atoms with Crippen LogP contribution in [0.15, 0.2) is 12.4 Å². The van der Waals surface area contributed by atoms with Gasteiger partial charge in [0.25, 0.3) is 0 Å². The Bertz CT molecular complexity index is 639. The monoisotopic (exact) mass is 387 g/mol. The second kappa shape index (κ2) is 8.99. The van der Waals surface area contributed by atoms with Gasteiger partial charge in [-0.3, -0.25) is 14.4 Å². The molecule has 144 valence electrons. The molecule has 5 atom stereocenters. The maximum atomic E-state index is 11.6. The zero-order valence-corrected chi connectivity index (χ0v) is 15.7. The van der Waals surface area contributed by atoms with Gasteiger partial charge < -0.3 is 18.9 Å². The normalized spacial score (nSPS) is 28.2. The molecular weight excluding hydrogens is 366 g/mol. The van der Waals surface area contributed by atoms with Gasteiger partial charge >= 0.3 is 17.9 Å². The highest BCUT2D eigenvalue weighted by atomic mass is 32.2. The van der Waals surface area contributed by atoms with Gasteiger partial charge in [-0.1, -0.05) is 5.21 Å². The molecule has 1 aromatic heterocycles. The molecule has 26 heavy (non-hydrogen) atoms. The molecule has 0 unspecified atom stereocenters. The van der Waals surface area contributed by atoms with E-state index < -0.39 is 47.7 Å². The van der Waals surface area contributed by atoms with Crippen LogP contribution in [0.2, 0.25) is 0 Å². The molecule has 0 aliphatic carbocycles. The van der Waals surface area contributed by atoms with Crippen LogP contribution in [0.5, 0.6) is 0 Å². The van der Waals surface area contributed by atoms with E-state index in [0.717, 1.165) is 0 Å². The highest BCUT2D eigenvalue weighted by Gasteiger charge is 2.51. The van der Waals surface area contributed by atoms with Crippen molar-refractivity contribution in [2.45, 2.75) is 50.6 Å². The van der Waals surface area contributed by atoms with E-state index in [9.17, 15) is 14.4 Å². The smallest absolute Gasteiger partial charge is 0.303 e. The molecule has 0 aromatic carbocycles. The second-order valence-electron chi connectivity index (χ2n) is 5.60. The molecule has 1 aromatic rings. The van der Waals surface area contributed by atoms with Crippen molar-refractivity contribution in [2.75, 3.05) is 12.9 Å². The fraction of sp³-hybridized carbons (Fsp3) is 0.667. The summed E-state index contributed by atoms with van der Waals surface area (Å²) in [6, 6.07) is -0.697. The van der Waals surface area contributed by atoms with Crippen molar-refractivity contribution in [1.82, 2.24) is 15.0 Å². The van der Waals surface area contributed by atoms with E-state index in [1.54, 1.807) is 12.5 Å². The van der Waals surface area contributed by atoms with Gasteiger partial charge in [0.2, 0.25) is 0 Å². The number of hydrogen-bond acceptors (Lipinski definition) is 10. The first-order valence-electron chi connectivity index (χ1n) is 7.85. The van der Waals surface area contributed by atoms with Crippen LogP contribution in [0, 0.1) is 0 Å². The lowest BCUT2D eigenvalue weighted by atomic mass is 9.96. The molecule has 2 rings (SSSR count). The summed E-state index contributed by atoms with van der Waals surface area (Å²) in [6.07, 6.45) is 2.36. The summed E-state index contributed by atoms with van der Waals surface area (Å²) < 4.78 is 23.3. The molecule has 0 amide bonds. The molecule has 1 aliphatic rings. The Morgan fingerprint density at radius 3 is 2.27 bits per heavy atom. The molecule has 1 aliphatic heterocycles. The summed E-state index contributed by atoms with van der Waals surface area (Å²) in [5, 5.41) is 7.74. The Morgan fingerprint density at radius 2 is 1.77 bits per heavy atom. The number of ether oxygens (including phenoxy) is 4. The lowest BCUT2D eigenvalue weighted by Crippen LogP contribution is -2.57. The highest BCUT2D eigenvalue weighted by Crippen LogP contribution is 2.37. The number of aromatic nitrogens is 3. The Hall–Kier alpha value is -2.14. The third kappa shape index (κ3) is 4.94. The van der Waals surface area contributed by atoms with Crippen LogP contribution in [0.4, 0.5) is 0 Å². The van der Waals surface area contributed by atoms with E-state index >= 15 is 0 Å². The van der Waals surface area contributed by atoms with Crippen molar-refractivity contribution in [1.29, 1.82) is 0 Å². The molecule has 0 radical (unpaired) electrons. The third-order valence-corrected chi connectivity index (χ3v) is 4.49. The average Bonchev–Trinajstić information content (AvgIpc) is 3.07. The van der Waals surface area contributed by atoms with Crippen molar-refractivity contribution < 1.29 is 33.3 Å².